The minimum absolute atomic E-state index is 0.139. The fraction of sp³-hybridized carbons (Fsp3) is 0.538. The summed E-state index contributed by atoms with van der Waals surface area (Å²) in [7, 11) is 1.90. The summed E-state index contributed by atoms with van der Waals surface area (Å²) in [4.78, 5) is 0. The molecular formula is C13H19F2N. The Bertz CT molecular complexity index is 337. The van der Waals surface area contributed by atoms with Gasteiger partial charge in [0, 0.05) is 11.6 Å². The fourth-order valence-electron chi connectivity index (χ4n) is 2.07. The molecule has 1 aromatic carbocycles. The van der Waals surface area contributed by atoms with Crippen LogP contribution in [0, 0.1) is 0 Å². The summed E-state index contributed by atoms with van der Waals surface area (Å²) in [5.74, 6) is 0. The fourth-order valence-corrected chi connectivity index (χ4v) is 2.07. The van der Waals surface area contributed by atoms with Gasteiger partial charge in [-0.2, -0.15) is 0 Å². The lowest BCUT2D eigenvalue weighted by atomic mass is 10.1. The van der Waals surface area contributed by atoms with Gasteiger partial charge < -0.3 is 5.32 Å². The average Bonchev–Trinajstić information content (AvgIpc) is 2.73. The van der Waals surface area contributed by atoms with Gasteiger partial charge >= 0.3 is 0 Å². The number of nitrogens with one attached hydrogen (secondary N) is 1. The molecule has 1 aliphatic carbocycles. The van der Waals surface area contributed by atoms with Crippen LogP contribution in [0.3, 0.4) is 0 Å². The van der Waals surface area contributed by atoms with Crippen molar-refractivity contribution in [3.63, 3.8) is 0 Å². The third-order valence-corrected chi connectivity index (χ3v) is 2.85. The Morgan fingerprint density at radius 1 is 1.31 bits per heavy atom. The molecule has 16 heavy (non-hydrogen) atoms. The summed E-state index contributed by atoms with van der Waals surface area (Å²) < 4.78 is 24.8. The molecule has 1 unspecified atom stereocenters. The van der Waals surface area contributed by atoms with E-state index in [-0.39, 0.29) is 5.56 Å². The average molecular weight is 227 g/mol. The van der Waals surface area contributed by atoms with Gasteiger partial charge in [-0.05, 0) is 37.1 Å². The molecule has 0 saturated carbocycles. The van der Waals surface area contributed by atoms with E-state index < -0.39 is 6.43 Å². The molecule has 1 aliphatic rings. The third-order valence-electron chi connectivity index (χ3n) is 2.85. The van der Waals surface area contributed by atoms with Crippen LogP contribution in [0.1, 0.15) is 49.4 Å². The summed E-state index contributed by atoms with van der Waals surface area (Å²) >= 11 is 0. The van der Waals surface area contributed by atoms with Gasteiger partial charge in [0.2, 0.25) is 0 Å². The first-order chi connectivity index (χ1) is 7.72. The smallest absolute Gasteiger partial charge is 0.263 e. The summed E-state index contributed by atoms with van der Waals surface area (Å²) in [5, 5.41) is 3.18. The SMILES string of the molecule is CC.CNC1CCc2cc(C(F)F)ccc21. The standard InChI is InChI=1S/C11H13F2N.C2H6/c1-14-10-5-3-7-6-8(11(12)13)2-4-9(7)10;1-2/h2,4,6,10-11,14H,3,5H2,1H3;1-2H3. The third kappa shape index (κ3) is 2.59. The molecule has 0 aromatic heterocycles. The molecule has 90 valence electrons. The molecule has 0 radical (unpaired) electrons. The highest BCUT2D eigenvalue weighted by Gasteiger charge is 2.22. The predicted octanol–water partition coefficient (Wildman–Crippen LogP) is 3.86. The molecule has 0 bridgehead atoms. The van der Waals surface area contributed by atoms with Gasteiger partial charge in [-0.25, -0.2) is 8.78 Å². The Labute approximate surface area is 95.9 Å². The van der Waals surface area contributed by atoms with E-state index in [0.29, 0.717) is 6.04 Å². The van der Waals surface area contributed by atoms with Crippen molar-refractivity contribution in [1.82, 2.24) is 5.32 Å². The maximum Gasteiger partial charge on any atom is 0.263 e. The van der Waals surface area contributed by atoms with Crippen molar-refractivity contribution in [1.29, 1.82) is 0 Å². The molecule has 0 aliphatic heterocycles. The molecule has 2 rings (SSSR count). The van der Waals surface area contributed by atoms with Crippen LogP contribution in [0.2, 0.25) is 0 Å². The van der Waals surface area contributed by atoms with Crippen molar-refractivity contribution < 1.29 is 8.78 Å². The van der Waals surface area contributed by atoms with Crippen molar-refractivity contribution in [2.24, 2.45) is 0 Å². The predicted molar refractivity (Wildman–Crippen MR) is 62.9 cm³/mol. The van der Waals surface area contributed by atoms with Gasteiger partial charge in [0.1, 0.15) is 0 Å². The van der Waals surface area contributed by atoms with Gasteiger partial charge in [0.25, 0.3) is 6.43 Å². The van der Waals surface area contributed by atoms with Crippen molar-refractivity contribution in [2.75, 3.05) is 7.05 Å². The Morgan fingerprint density at radius 2 is 2.00 bits per heavy atom. The topological polar surface area (TPSA) is 12.0 Å². The quantitative estimate of drug-likeness (QED) is 0.809. The maximum atomic E-state index is 12.4. The Hall–Kier alpha value is -0.960. The van der Waals surface area contributed by atoms with Crippen molar-refractivity contribution in [3.8, 4) is 0 Å². The zero-order chi connectivity index (χ0) is 12.1. The first-order valence-electron chi connectivity index (χ1n) is 5.80. The molecule has 1 aromatic rings. The first kappa shape index (κ1) is 13.1. The number of hydrogen-bond donors (Lipinski definition) is 1. The zero-order valence-corrected chi connectivity index (χ0v) is 10.1. The first-order valence-corrected chi connectivity index (χ1v) is 5.80. The van der Waals surface area contributed by atoms with Gasteiger partial charge in [-0.3, -0.25) is 0 Å². The minimum Gasteiger partial charge on any atom is -0.313 e. The van der Waals surface area contributed by atoms with Gasteiger partial charge in [-0.1, -0.05) is 26.0 Å². The lowest BCUT2D eigenvalue weighted by Gasteiger charge is -2.10. The molecule has 0 amide bonds. The summed E-state index contributed by atoms with van der Waals surface area (Å²) in [6, 6.07) is 5.33. The van der Waals surface area contributed by atoms with Crippen LogP contribution < -0.4 is 5.32 Å². The molecular weight excluding hydrogens is 208 g/mol. The largest absolute Gasteiger partial charge is 0.313 e. The van der Waals surface area contributed by atoms with E-state index in [1.54, 1.807) is 6.07 Å². The number of halogens is 2. The normalized spacial score (nSPS) is 18.0. The molecule has 1 N–H and O–H groups in total. The number of alkyl halides is 2. The Morgan fingerprint density at radius 3 is 2.56 bits per heavy atom. The minimum atomic E-state index is -2.35. The molecule has 1 atom stereocenters. The van der Waals surface area contributed by atoms with Gasteiger partial charge in [-0.15, -0.1) is 0 Å². The highest BCUT2D eigenvalue weighted by atomic mass is 19.3. The van der Waals surface area contributed by atoms with E-state index in [1.807, 2.05) is 27.0 Å². The maximum absolute atomic E-state index is 12.4. The number of hydrogen-bond acceptors (Lipinski definition) is 1. The number of rotatable bonds is 2. The van der Waals surface area contributed by atoms with Crippen molar-refractivity contribution in [3.05, 3.63) is 34.9 Å². The monoisotopic (exact) mass is 227 g/mol. The van der Waals surface area contributed by atoms with Crippen LogP contribution in [-0.4, -0.2) is 7.05 Å². The molecule has 0 saturated heterocycles. The van der Waals surface area contributed by atoms with Crippen LogP contribution in [0.25, 0.3) is 0 Å². The van der Waals surface area contributed by atoms with Crippen LogP contribution >= 0.6 is 0 Å². The van der Waals surface area contributed by atoms with Crippen LogP contribution in [0.5, 0.6) is 0 Å². The van der Waals surface area contributed by atoms with Crippen molar-refractivity contribution >= 4 is 0 Å². The highest BCUT2D eigenvalue weighted by molar-refractivity contribution is 5.38. The van der Waals surface area contributed by atoms with E-state index in [0.717, 1.165) is 18.4 Å². The number of fused-ring (bicyclic) bond motifs is 1. The zero-order valence-electron chi connectivity index (χ0n) is 10.1. The molecule has 3 heteroatoms. The Balaban J connectivity index is 0.000000606. The van der Waals surface area contributed by atoms with Crippen LogP contribution in [0.15, 0.2) is 18.2 Å². The van der Waals surface area contributed by atoms with E-state index >= 15 is 0 Å². The van der Waals surface area contributed by atoms with Gasteiger partial charge in [0.15, 0.2) is 0 Å². The van der Waals surface area contributed by atoms with Gasteiger partial charge in [0.05, 0.1) is 0 Å². The highest BCUT2D eigenvalue weighted by Crippen LogP contribution is 2.33. The summed E-state index contributed by atoms with van der Waals surface area (Å²) in [6.45, 7) is 4.00. The molecule has 0 fully saturated rings. The van der Waals surface area contributed by atoms with Crippen LogP contribution in [0.4, 0.5) is 8.78 Å². The van der Waals surface area contributed by atoms with E-state index in [9.17, 15) is 8.78 Å². The lowest BCUT2D eigenvalue weighted by molar-refractivity contribution is 0.151. The Kier molecular flexibility index (Phi) is 4.87. The van der Waals surface area contributed by atoms with Crippen molar-refractivity contribution in [2.45, 2.75) is 39.2 Å². The lowest BCUT2D eigenvalue weighted by Crippen LogP contribution is -2.12. The molecule has 1 nitrogen and oxygen atoms in total. The molecule has 0 heterocycles. The summed E-state index contributed by atoms with van der Waals surface area (Å²) in [5.41, 5.74) is 2.39. The number of benzene rings is 1. The second-order valence-electron chi connectivity index (χ2n) is 3.64. The van der Waals surface area contributed by atoms with E-state index in [1.165, 1.54) is 11.6 Å². The van der Waals surface area contributed by atoms with E-state index in [4.69, 9.17) is 0 Å². The van der Waals surface area contributed by atoms with Crippen LogP contribution in [-0.2, 0) is 6.42 Å². The second kappa shape index (κ2) is 5.94. The second-order valence-corrected chi connectivity index (χ2v) is 3.64. The van der Waals surface area contributed by atoms with E-state index in [2.05, 4.69) is 5.32 Å². The molecule has 0 spiro atoms. The number of aryl methyl sites for hydroxylation is 1. The summed E-state index contributed by atoms with van der Waals surface area (Å²) in [6.07, 6.45) is -0.436.